The number of benzene rings is 1. The Morgan fingerprint density at radius 3 is 2.92 bits per heavy atom. The number of nitrogens with one attached hydrogen (secondary N) is 1. The van der Waals surface area contributed by atoms with Crippen molar-refractivity contribution >= 4 is 17.6 Å². The molecule has 24 heavy (non-hydrogen) atoms. The number of nitro benzene ring substituents is 1. The van der Waals surface area contributed by atoms with E-state index in [2.05, 4.69) is 5.32 Å². The Morgan fingerprint density at radius 2 is 2.29 bits per heavy atom. The number of hydrogen-bond donors (Lipinski definition) is 2. The van der Waals surface area contributed by atoms with Crippen LogP contribution in [-0.4, -0.2) is 47.8 Å². The normalized spacial score (nSPS) is 18.4. The van der Waals surface area contributed by atoms with Gasteiger partial charge in [-0.15, -0.1) is 0 Å². The average molecular weight is 338 g/mol. The third-order valence-electron chi connectivity index (χ3n) is 3.65. The predicted octanol–water partition coefficient (Wildman–Crippen LogP) is 0.970. The Labute approximate surface area is 137 Å². The first kappa shape index (κ1) is 17.7. The first-order chi connectivity index (χ1) is 11.5. The van der Waals surface area contributed by atoms with Crippen molar-refractivity contribution in [2.45, 2.75) is 18.9 Å². The molecule has 0 aromatic heterocycles. The van der Waals surface area contributed by atoms with Gasteiger partial charge >= 0.3 is 5.97 Å². The molecule has 0 radical (unpaired) electrons. The molecule has 0 bridgehead atoms. The molecule has 130 valence electrons. The van der Waals surface area contributed by atoms with Crippen molar-refractivity contribution in [1.82, 2.24) is 5.32 Å². The lowest BCUT2D eigenvalue weighted by Crippen LogP contribution is -2.49. The van der Waals surface area contributed by atoms with E-state index in [1.807, 2.05) is 0 Å². The molecule has 2 unspecified atom stereocenters. The van der Waals surface area contributed by atoms with Crippen LogP contribution in [0.4, 0.5) is 5.69 Å². The van der Waals surface area contributed by atoms with E-state index >= 15 is 0 Å². The third-order valence-corrected chi connectivity index (χ3v) is 3.65. The maximum atomic E-state index is 11.9. The van der Waals surface area contributed by atoms with E-state index in [1.165, 1.54) is 24.3 Å². The van der Waals surface area contributed by atoms with Gasteiger partial charge in [0.05, 0.1) is 17.6 Å². The number of nitrogens with zero attached hydrogens (tertiary/aromatic N) is 1. The van der Waals surface area contributed by atoms with Crippen molar-refractivity contribution in [3.63, 3.8) is 0 Å². The number of ether oxygens (including phenoxy) is 2. The zero-order valence-corrected chi connectivity index (χ0v) is 12.8. The minimum Gasteiger partial charge on any atom is -0.484 e. The van der Waals surface area contributed by atoms with Crippen molar-refractivity contribution in [2.75, 3.05) is 19.8 Å². The molecular formula is C15H18N2O7. The van der Waals surface area contributed by atoms with Crippen LogP contribution in [0.5, 0.6) is 5.75 Å². The first-order valence-electron chi connectivity index (χ1n) is 7.44. The van der Waals surface area contributed by atoms with Gasteiger partial charge in [0.25, 0.3) is 11.6 Å². The molecule has 0 spiro atoms. The Bertz CT molecular complexity index is 614. The second kappa shape index (κ2) is 8.25. The summed E-state index contributed by atoms with van der Waals surface area (Å²) in [5.74, 6) is -1.88. The minimum absolute atomic E-state index is 0.157. The van der Waals surface area contributed by atoms with Gasteiger partial charge in [0.1, 0.15) is 11.8 Å². The largest absolute Gasteiger partial charge is 0.484 e. The Kier molecular flexibility index (Phi) is 6.07. The molecule has 1 fully saturated rings. The summed E-state index contributed by atoms with van der Waals surface area (Å²) in [5.41, 5.74) is -0.157. The molecule has 0 aliphatic carbocycles. The Hall–Kier alpha value is -2.68. The Balaban J connectivity index is 1.90. The molecule has 2 atom stereocenters. The van der Waals surface area contributed by atoms with Crippen molar-refractivity contribution in [2.24, 2.45) is 5.92 Å². The van der Waals surface area contributed by atoms with E-state index in [0.717, 1.165) is 6.42 Å². The third kappa shape index (κ3) is 4.92. The molecular weight excluding hydrogens is 320 g/mol. The molecule has 9 heteroatoms. The topological polar surface area (TPSA) is 128 Å². The van der Waals surface area contributed by atoms with Crippen molar-refractivity contribution < 1.29 is 29.1 Å². The van der Waals surface area contributed by atoms with Crippen LogP contribution in [-0.2, 0) is 14.3 Å². The summed E-state index contributed by atoms with van der Waals surface area (Å²) in [4.78, 5) is 33.4. The van der Waals surface area contributed by atoms with Crippen LogP contribution in [0.15, 0.2) is 24.3 Å². The number of carboxylic acids is 1. The fourth-order valence-corrected chi connectivity index (χ4v) is 2.46. The summed E-state index contributed by atoms with van der Waals surface area (Å²) in [6.45, 7) is 0.439. The smallest absolute Gasteiger partial charge is 0.326 e. The van der Waals surface area contributed by atoms with E-state index in [0.29, 0.717) is 13.0 Å². The van der Waals surface area contributed by atoms with Crippen molar-refractivity contribution in [1.29, 1.82) is 0 Å². The number of hydrogen-bond acceptors (Lipinski definition) is 6. The second-order valence-electron chi connectivity index (χ2n) is 5.40. The van der Waals surface area contributed by atoms with Crippen LogP contribution in [0.1, 0.15) is 12.8 Å². The van der Waals surface area contributed by atoms with E-state index in [9.17, 15) is 24.8 Å². The molecule has 1 heterocycles. The molecule has 1 aromatic carbocycles. The zero-order chi connectivity index (χ0) is 17.5. The quantitative estimate of drug-likeness (QED) is 0.560. The van der Waals surface area contributed by atoms with Gasteiger partial charge < -0.3 is 19.9 Å². The van der Waals surface area contributed by atoms with Crippen molar-refractivity contribution in [3.05, 3.63) is 34.4 Å². The zero-order valence-electron chi connectivity index (χ0n) is 12.8. The van der Waals surface area contributed by atoms with Gasteiger partial charge in [-0.05, 0) is 18.9 Å². The molecule has 2 N–H and O–H groups in total. The van der Waals surface area contributed by atoms with Gasteiger partial charge in [-0.1, -0.05) is 6.07 Å². The molecule has 1 saturated heterocycles. The van der Waals surface area contributed by atoms with E-state index in [-0.39, 0.29) is 24.0 Å². The standard InChI is InChI=1S/C15H18N2O7/c18-13(9-24-12-5-1-4-11(7-12)17(21)22)16-14(15(19)20)10-3-2-6-23-8-10/h1,4-5,7,10,14H,2-3,6,8-9H2,(H,16,18)(H,19,20). The van der Waals surface area contributed by atoms with Gasteiger partial charge in [0.2, 0.25) is 0 Å². The fourth-order valence-electron chi connectivity index (χ4n) is 2.46. The number of rotatable bonds is 7. The average Bonchev–Trinajstić information content (AvgIpc) is 2.58. The summed E-state index contributed by atoms with van der Waals surface area (Å²) in [6, 6.07) is 4.36. The van der Waals surface area contributed by atoms with Gasteiger partial charge in [0, 0.05) is 18.6 Å². The van der Waals surface area contributed by atoms with Crippen LogP contribution >= 0.6 is 0 Å². The van der Waals surface area contributed by atoms with E-state index < -0.39 is 29.4 Å². The summed E-state index contributed by atoms with van der Waals surface area (Å²) in [7, 11) is 0. The molecule has 9 nitrogen and oxygen atoms in total. The summed E-state index contributed by atoms with van der Waals surface area (Å²) < 4.78 is 10.4. The molecule has 1 aromatic rings. The van der Waals surface area contributed by atoms with E-state index in [4.69, 9.17) is 9.47 Å². The van der Waals surface area contributed by atoms with Crippen LogP contribution < -0.4 is 10.1 Å². The summed E-state index contributed by atoms with van der Waals surface area (Å²) in [5, 5.41) is 22.4. The van der Waals surface area contributed by atoms with Crippen LogP contribution in [0.2, 0.25) is 0 Å². The lowest BCUT2D eigenvalue weighted by Gasteiger charge is -2.28. The van der Waals surface area contributed by atoms with Crippen LogP contribution in [0, 0.1) is 16.0 Å². The number of non-ortho nitro benzene ring substituents is 1. The monoisotopic (exact) mass is 338 g/mol. The lowest BCUT2D eigenvalue weighted by molar-refractivity contribution is -0.384. The maximum absolute atomic E-state index is 11.9. The minimum atomic E-state index is -1.13. The second-order valence-corrected chi connectivity index (χ2v) is 5.40. The van der Waals surface area contributed by atoms with Gasteiger partial charge in [-0.2, -0.15) is 0 Å². The molecule has 1 aliphatic heterocycles. The van der Waals surface area contributed by atoms with Crippen molar-refractivity contribution in [3.8, 4) is 5.75 Å². The predicted molar refractivity (Wildman–Crippen MR) is 81.7 cm³/mol. The molecule has 0 saturated carbocycles. The number of nitro groups is 1. The lowest BCUT2D eigenvalue weighted by atomic mass is 9.94. The maximum Gasteiger partial charge on any atom is 0.326 e. The first-order valence-corrected chi connectivity index (χ1v) is 7.44. The summed E-state index contributed by atoms with van der Waals surface area (Å²) >= 11 is 0. The highest BCUT2D eigenvalue weighted by molar-refractivity contribution is 5.84. The SMILES string of the molecule is O=C(COc1cccc([N+](=O)[O-])c1)NC(C(=O)O)C1CCCOC1. The number of carbonyl (C=O) groups is 2. The molecule has 1 amide bonds. The summed E-state index contributed by atoms with van der Waals surface area (Å²) in [6.07, 6.45) is 1.40. The number of amides is 1. The van der Waals surface area contributed by atoms with Crippen LogP contribution in [0.25, 0.3) is 0 Å². The van der Waals surface area contributed by atoms with Gasteiger partial charge in [0.15, 0.2) is 6.61 Å². The highest BCUT2D eigenvalue weighted by Crippen LogP contribution is 2.20. The number of aliphatic carboxylic acids is 1. The number of carbonyl (C=O) groups excluding carboxylic acids is 1. The fraction of sp³-hybridized carbons (Fsp3) is 0.467. The highest BCUT2D eigenvalue weighted by Gasteiger charge is 2.31. The Morgan fingerprint density at radius 1 is 1.50 bits per heavy atom. The highest BCUT2D eigenvalue weighted by atomic mass is 16.6. The van der Waals surface area contributed by atoms with Crippen LogP contribution in [0.3, 0.4) is 0 Å². The molecule has 1 aliphatic rings. The van der Waals surface area contributed by atoms with Gasteiger partial charge in [-0.25, -0.2) is 4.79 Å². The van der Waals surface area contributed by atoms with E-state index in [1.54, 1.807) is 0 Å². The number of carboxylic acid groups (broad SMARTS) is 1. The van der Waals surface area contributed by atoms with Gasteiger partial charge in [-0.3, -0.25) is 14.9 Å². The molecule has 2 rings (SSSR count).